The predicted molar refractivity (Wildman–Crippen MR) is 86.9 cm³/mol. The molecule has 1 unspecified atom stereocenters. The summed E-state index contributed by atoms with van der Waals surface area (Å²) in [4.78, 5) is 10.3. The third-order valence-corrected chi connectivity index (χ3v) is 4.09. The second kappa shape index (κ2) is 4.80. The van der Waals surface area contributed by atoms with E-state index in [4.69, 9.17) is 5.84 Å². The standard InChI is InChI=1S/C17H15N5/c1-11(12-5-3-2-4-6-12)17-14-8-16-13(9-21-22(16)18)7-15(14)19-10-20-17/h2-11H,18H2,1H3. The third-order valence-electron chi connectivity index (χ3n) is 4.09. The number of aromatic nitrogens is 4. The van der Waals surface area contributed by atoms with Gasteiger partial charge < -0.3 is 5.84 Å². The molecule has 0 saturated carbocycles. The lowest BCUT2D eigenvalue weighted by Gasteiger charge is -2.13. The molecule has 2 heterocycles. The van der Waals surface area contributed by atoms with Crippen LogP contribution in [0, 0.1) is 0 Å². The minimum Gasteiger partial charge on any atom is -0.323 e. The van der Waals surface area contributed by atoms with Gasteiger partial charge in [0.05, 0.1) is 22.9 Å². The minimum absolute atomic E-state index is 0.179. The summed E-state index contributed by atoms with van der Waals surface area (Å²) >= 11 is 0. The van der Waals surface area contributed by atoms with Gasteiger partial charge in [-0.2, -0.15) is 9.89 Å². The summed E-state index contributed by atoms with van der Waals surface area (Å²) in [6, 6.07) is 14.4. The zero-order chi connectivity index (χ0) is 15.1. The highest BCUT2D eigenvalue weighted by Crippen LogP contribution is 2.29. The molecular weight excluding hydrogens is 274 g/mol. The van der Waals surface area contributed by atoms with Crippen LogP contribution in [0.1, 0.15) is 24.1 Å². The highest BCUT2D eigenvalue weighted by atomic mass is 15.5. The fourth-order valence-electron chi connectivity index (χ4n) is 2.86. The molecule has 0 fully saturated rings. The molecule has 2 aromatic heterocycles. The Hall–Kier alpha value is -2.95. The lowest BCUT2D eigenvalue weighted by molar-refractivity contribution is 0.861. The van der Waals surface area contributed by atoms with Crippen LogP contribution in [0.3, 0.4) is 0 Å². The van der Waals surface area contributed by atoms with Gasteiger partial charge in [-0.15, -0.1) is 0 Å². The molecule has 0 bridgehead atoms. The molecule has 0 aliphatic rings. The van der Waals surface area contributed by atoms with Crippen LogP contribution in [0.5, 0.6) is 0 Å². The lowest BCUT2D eigenvalue weighted by Crippen LogP contribution is -2.09. The summed E-state index contributed by atoms with van der Waals surface area (Å²) in [5, 5.41) is 6.09. The van der Waals surface area contributed by atoms with Crippen LogP contribution in [0.15, 0.2) is 55.0 Å². The van der Waals surface area contributed by atoms with Crippen molar-refractivity contribution in [2.24, 2.45) is 0 Å². The highest BCUT2D eigenvalue weighted by molar-refractivity contribution is 5.95. The van der Waals surface area contributed by atoms with Crippen molar-refractivity contribution in [3.63, 3.8) is 0 Å². The van der Waals surface area contributed by atoms with Crippen molar-refractivity contribution in [2.45, 2.75) is 12.8 Å². The minimum atomic E-state index is 0.179. The first-order chi connectivity index (χ1) is 10.7. The summed E-state index contributed by atoms with van der Waals surface area (Å²) in [5.74, 6) is 6.05. The van der Waals surface area contributed by atoms with Crippen LogP contribution >= 0.6 is 0 Å². The van der Waals surface area contributed by atoms with Crippen molar-refractivity contribution >= 4 is 21.8 Å². The van der Waals surface area contributed by atoms with Gasteiger partial charge in [0.25, 0.3) is 0 Å². The van der Waals surface area contributed by atoms with E-state index in [-0.39, 0.29) is 5.92 Å². The lowest BCUT2D eigenvalue weighted by atomic mass is 9.94. The molecule has 5 nitrogen and oxygen atoms in total. The smallest absolute Gasteiger partial charge is 0.116 e. The van der Waals surface area contributed by atoms with Crippen LogP contribution in [-0.2, 0) is 0 Å². The van der Waals surface area contributed by atoms with E-state index in [0.717, 1.165) is 27.5 Å². The molecule has 0 aliphatic heterocycles. The van der Waals surface area contributed by atoms with Crippen molar-refractivity contribution in [3.05, 3.63) is 66.2 Å². The molecular formula is C17H15N5. The van der Waals surface area contributed by atoms with Crippen molar-refractivity contribution in [3.8, 4) is 0 Å². The Morgan fingerprint density at radius 1 is 1.09 bits per heavy atom. The van der Waals surface area contributed by atoms with Crippen LogP contribution in [-0.4, -0.2) is 19.9 Å². The second-order valence-corrected chi connectivity index (χ2v) is 5.41. The van der Waals surface area contributed by atoms with E-state index >= 15 is 0 Å². The average Bonchev–Trinajstić information content (AvgIpc) is 2.93. The Bertz CT molecular complexity index is 959. The molecule has 0 saturated heterocycles. The van der Waals surface area contributed by atoms with E-state index in [9.17, 15) is 0 Å². The first kappa shape index (κ1) is 12.8. The molecule has 5 heteroatoms. The van der Waals surface area contributed by atoms with Gasteiger partial charge in [0.15, 0.2) is 0 Å². The summed E-state index contributed by atoms with van der Waals surface area (Å²) in [6.45, 7) is 2.15. The average molecular weight is 289 g/mol. The van der Waals surface area contributed by atoms with Crippen LogP contribution in [0.2, 0.25) is 0 Å². The number of benzene rings is 2. The summed E-state index contributed by atoms with van der Waals surface area (Å²) in [5.41, 5.74) is 4.01. The Kier molecular flexibility index (Phi) is 2.79. The number of nitrogen functional groups attached to an aromatic ring is 1. The number of hydrogen-bond donors (Lipinski definition) is 1. The second-order valence-electron chi connectivity index (χ2n) is 5.41. The SMILES string of the molecule is CC(c1ccccc1)c1ncnc2cc3cnn(N)c3cc12. The first-order valence-corrected chi connectivity index (χ1v) is 7.16. The summed E-state index contributed by atoms with van der Waals surface area (Å²) < 4.78 is 0. The largest absolute Gasteiger partial charge is 0.323 e. The van der Waals surface area contributed by atoms with Crippen molar-refractivity contribution in [1.29, 1.82) is 0 Å². The van der Waals surface area contributed by atoms with Gasteiger partial charge in [-0.1, -0.05) is 37.3 Å². The fourth-order valence-corrected chi connectivity index (χ4v) is 2.86. The number of nitrogens with two attached hydrogens (primary N) is 1. The van der Waals surface area contributed by atoms with Gasteiger partial charge in [0.1, 0.15) is 6.33 Å². The molecule has 0 aliphatic carbocycles. The number of rotatable bonds is 2. The van der Waals surface area contributed by atoms with E-state index in [0.29, 0.717) is 0 Å². The number of hydrogen-bond acceptors (Lipinski definition) is 4. The molecule has 4 aromatic rings. The van der Waals surface area contributed by atoms with Gasteiger partial charge in [0.2, 0.25) is 0 Å². The maximum absolute atomic E-state index is 5.87. The van der Waals surface area contributed by atoms with Crippen LogP contribution in [0.4, 0.5) is 0 Å². The first-order valence-electron chi connectivity index (χ1n) is 7.16. The van der Waals surface area contributed by atoms with E-state index in [2.05, 4.69) is 34.1 Å². The quantitative estimate of drug-likeness (QED) is 0.576. The van der Waals surface area contributed by atoms with Gasteiger partial charge in [0, 0.05) is 16.7 Å². The Morgan fingerprint density at radius 3 is 2.73 bits per heavy atom. The summed E-state index contributed by atoms with van der Waals surface area (Å²) in [6.07, 6.45) is 3.37. The van der Waals surface area contributed by atoms with Gasteiger partial charge >= 0.3 is 0 Å². The van der Waals surface area contributed by atoms with Crippen LogP contribution < -0.4 is 5.84 Å². The molecule has 108 valence electrons. The Morgan fingerprint density at radius 2 is 1.91 bits per heavy atom. The molecule has 0 amide bonds. The molecule has 22 heavy (non-hydrogen) atoms. The van der Waals surface area contributed by atoms with E-state index < -0.39 is 0 Å². The Balaban J connectivity index is 1.97. The number of fused-ring (bicyclic) bond motifs is 2. The molecule has 1 atom stereocenters. The maximum atomic E-state index is 5.87. The van der Waals surface area contributed by atoms with Crippen molar-refractivity contribution in [1.82, 2.24) is 19.9 Å². The number of nitrogens with zero attached hydrogens (tertiary/aromatic N) is 4. The van der Waals surface area contributed by atoms with Gasteiger partial charge in [-0.25, -0.2) is 9.97 Å². The normalized spacial score (nSPS) is 12.8. The zero-order valence-corrected chi connectivity index (χ0v) is 12.1. The van der Waals surface area contributed by atoms with Crippen molar-refractivity contribution in [2.75, 3.05) is 5.84 Å². The van der Waals surface area contributed by atoms with Gasteiger partial charge in [-0.05, 0) is 17.7 Å². The molecule has 0 radical (unpaired) electrons. The van der Waals surface area contributed by atoms with E-state index in [1.807, 2.05) is 30.3 Å². The van der Waals surface area contributed by atoms with E-state index in [1.54, 1.807) is 12.5 Å². The molecule has 4 rings (SSSR count). The molecule has 2 aromatic carbocycles. The predicted octanol–water partition coefficient (Wildman–Crippen LogP) is 2.85. The molecule has 0 spiro atoms. The molecule has 2 N–H and O–H groups in total. The highest BCUT2D eigenvalue weighted by Gasteiger charge is 2.15. The van der Waals surface area contributed by atoms with Gasteiger partial charge in [-0.3, -0.25) is 0 Å². The zero-order valence-electron chi connectivity index (χ0n) is 12.1. The third kappa shape index (κ3) is 1.90. The fraction of sp³-hybridized carbons (Fsp3) is 0.118. The monoisotopic (exact) mass is 289 g/mol. The van der Waals surface area contributed by atoms with Crippen molar-refractivity contribution < 1.29 is 0 Å². The van der Waals surface area contributed by atoms with Crippen LogP contribution in [0.25, 0.3) is 21.8 Å². The maximum Gasteiger partial charge on any atom is 0.116 e. The topological polar surface area (TPSA) is 69.6 Å². The Labute approximate surface area is 127 Å². The summed E-state index contributed by atoms with van der Waals surface area (Å²) in [7, 11) is 0. The van der Waals surface area contributed by atoms with E-state index in [1.165, 1.54) is 10.4 Å².